The first kappa shape index (κ1) is 92.6. The fourth-order valence-corrected chi connectivity index (χ4v) is 12.0. The molecule has 8 heterocycles. The lowest BCUT2D eigenvalue weighted by Gasteiger charge is -2.37. The molecule has 20 nitrogen and oxygen atoms in total. The summed E-state index contributed by atoms with van der Waals surface area (Å²) in [6.07, 6.45) is 7.23. The summed E-state index contributed by atoms with van der Waals surface area (Å²) in [5.41, 5.74) is -28.6. The van der Waals surface area contributed by atoms with Gasteiger partial charge in [0, 0.05) is 50.3 Å². The topological polar surface area (TPSA) is 257 Å². The highest BCUT2D eigenvalue weighted by atomic mass is 32.2. The summed E-state index contributed by atoms with van der Waals surface area (Å²) in [7, 11) is -24.4. The van der Waals surface area contributed by atoms with Gasteiger partial charge in [-0.2, -0.15) is 70.2 Å². The summed E-state index contributed by atoms with van der Waals surface area (Å²) in [5, 5.41) is 0. The van der Waals surface area contributed by atoms with Crippen LogP contribution in [0.2, 0.25) is 0 Å². The second-order valence-corrected chi connectivity index (χ2v) is 28.5. The number of nitrogens with zero attached hydrogens (tertiary/aromatic N) is 8. The van der Waals surface area contributed by atoms with E-state index in [4.69, 9.17) is 51.9 Å². The summed E-state index contributed by atoms with van der Waals surface area (Å²) in [4.78, 5) is 1.22. The van der Waals surface area contributed by atoms with E-state index in [2.05, 4.69) is 0 Å². The van der Waals surface area contributed by atoms with Crippen LogP contribution < -0.4 is 27.5 Å². The molecular formula is C58H30B2F32N8O12S4. The third-order valence-corrected chi connectivity index (χ3v) is 18.4. The summed E-state index contributed by atoms with van der Waals surface area (Å²) < 4.78 is 540. The van der Waals surface area contributed by atoms with Gasteiger partial charge in [-0.15, -0.1) is 0 Å². The average molecular weight is 1790 g/mol. The lowest BCUT2D eigenvalue weighted by molar-refractivity contribution is -0.725. The molecule has 12 rings (SSSR count). The van der Waals surface area contributed by atoms with Gasteiger partial charge in [-0.3, -0.25) is 0 Å². The van der Waals surface area contributed by atoms with Crippen molar-refractivity contribution in [3.8, 4) is 22.8 Å². The minimum absolute atomic E-state index is 0.192. The molecule has 4 aromatic heterocycles. The van der Waals surface area contributed by atoms with Gasteiger partial charge in [-0.05, 0) is 73.8 Å². The van der Waals surface area contributed by atoms with Crippen LogP contribution in [0.15, 0.2) is 121 Å². The van der Waals surface area contributed by atoms with E-state index in [-0.39, 0.29) is 45.6 Å². The molecule has 0 saturated heterocycles. The predicted octanol–water partition coefficient (Wildman–Crippen LogP) is 11.6. The van der Waals surface area contributed by atoms with Gasteiger partial charge in [0.2, 0.25) is 104 Å². The van der Waals surface area contributed by atoms with Gasteiger partial charge in [-0.25, -0.2) is 131 Å². The molecule has 2 spiro atoms. The second kappa shape index (κ2) is 31.8. The van der Waals surface area contributed by atoms with Crippen LogP contribution in [0.5, 0.6) is 0 Å². The number of hydrogen-bond donors (Lipinski definition) is 0. The maximum atomic E-state index is 15.6. The Morgan fingerprint density at radius 3 is 0.595 bits per heavy atom. The minimum atomic E-state index is -6.09. The number of halogens is 32. The van der Waals surface area contributed by atoms with Crippen molar-refractivity contribution in [2.45, 2.75) is 49.7 Å². The Kier molecular flexibility index (Phi) is 25.4. The van der Waals surface area contributed by atoms with Crippen LogP contribution in [0.3, 0.4) is 0 Å². The van der Waals surface area contributed by atoms with Gasteiger partial charge >= 0.3 is 35.4 Å². The Labute approximate surface area is 624 Å². The number of benzene rings is 4. The van der Waals surface area contributed by atoms with Gasteiger partial charge in [0.25, 0.3) is 0 Å². The molecule has 628 valence electrons. The number of allylic oxidation sites excluding steroid dienone is 4. The molecule has 8 aromatic rings. The van der Waals surface area contributed by atoms with Crippen molar-refractivity contribution >= 4 is 88.0 Å². The number of aromatic nitrogens is 4. The van der Waals surface area contributed by atoms with Crippen molar-refractivity contribution in [1.82, 2.24) is 0 Å². The van der Waals surface area contributed by atoms with Crippen molar-refractivity contribution in [1.29, 1.82) is 0 Å². The van der Waals surface area contributed by atoms with Crippen molar-refractivity contribution in [3.05, 3.63) is 237 Å². The van der Waals surface area contributed by atoms with Crippen LogP contribution in [0.4, 0.5) is 163 Å². The molecule has 0 fully saturated rings. The van der Waals surface area contributed by atoms with Crippen LogP contribution >= 0.6 is 0 Å². The van der Waals surface area contributed by atoms with E-state index >= 15 is 35.1 Å². The Balaban J connectivity index is 0.000000233. The van der Waals surface area contributed by atoms with E-state index in [1.807, 2.05) is 0 Å². The molecule has 58 heteroatoms. The molecular weight excluding hydrogens is 1760 g/mol. The van der Waals surface area contributed by atoms with Crippen molar-refractivity contribution in [3.63, 3.8) is 0 Å². The zero-order valence-corrected chi connectivity index (χ0v) is 59.0. The minimum Gasteiger partial charge on any atom is -0.741 e. The molecule has 4 aliphatic heterocycles. The van der Waals surface area contributed by atoms with E-state index in [1.165, 1.54) is 143 Å². The second-order valence-electron chi connectivity index (χ2n) is 23.0. The molecule has 4 aliphatic rings. The molecule has 0 aliphatic carbocycles. The Morgan fingerprint density at radius 1 is 0.276 bits per heavy atom. The van der Waals surface area contributed by atoms with Crippen LogP contribution in [-0.4, -0.2) is 108 Å². The normalized spacial score (nSPS) is 15.0. The fraction of sp³-hybridized carbons (Fsp3) is 0.138. The van der Waals surface area contributed by atoms with Gasteiger partial charge < -0.3 is 27.8 Å². The van der Waals surface area contributed by atoms with E-state index in [0.717, 1.165) is 12.2 Å². The third-order valence-electron chi connectivity index (χ3n) is 16.2. The maximum Gasteiger partial charge on any atom is 0.933 e. The van der Waals surface area contributed by atoms with Crippen LogP contribution in [0.1, 0.15) is 27.7 Å². The molecule has 0 atom stereocenters. The number of rotatable bonds is 4. The van der Waals surface area contributed by atoms with E-state index in [1.54, 1.807) is 0 Å². The third kappa shape index (κ3) is 15.9. The lowest BCUT2D eigenvalue weighted by atomic mass is 9.66. The van der Waals surface area contributed by atoms with Crippen LogP contribution in [0.25, 0.3) is 22.8 Å². The maximum absolute atomic E-state index is 15.6. The summed E-state index contributed by atoms with van der Waals surface area (Å²) in [6.45, 7) is -2.44. The molecule has 0 unspecified atom stereocenters. The molecule has 4 aromatic carbocycles. The number of anilines is 2. The van der Waals surface area contributed by atoms with E-state index in [0.29, 0.717) is 18.6 Å². The van der Waals surface area contributed by atoms with Gasteiger partial charge in [0.15, 0.2) is 87.0 Å². The number of hydrogen-bond acceptors (Lipinski definition) is 14. The molecule has 0 radical (unpaired) electrons. The summed E-state index contributed by atoms with van der Waals surface area (Å²) in [5.74, 6) is -46.7. The zero-order chi connectivity index (χ0) is 88.8. The smallest absolute Gasteiger partial charge is 0.741 e. The molecule has 0 saturated carbocycles. The summed E-state index contributed by atoms with van der Waals surface area (Å²) >= 11 is 0. The fourth-order valence-electron chi connectivity index (χ4n) is 12.0. The van der Waals surface area contributed by atoms with Gasteiger partial charge in [-0.1, -0.05) is 0 Å². The van der Waals surface area contributed by atoms with E-state index in [9.17, 15) is 105 Å². The molecule has 116 heavy (non-hydrogen) atoms. The first-order chi connectivity index (χ1) is 52.7. The van der Waals surface area contributed by atoms with Crippen molar-refractivity contribution in [2.75, 3.05) is 9.62 Å². The standard InChI is InChI=1S/2C27H15BF10N4.4CHF3O3S/c2*1-12-11-13(2)42(27-24(37)20(33)17(30)21(34)25(27)38)28(41(12)26-22(35)18(31)16(29)19(32)23(26)36)39-9-5-3-7-14(39)15-8-4-6-10-40(15)28;4*2-1(3,4)8(5,6)7/h2*3-11H,1-2H3;4*(H,5,6,7)/q2*+2;;;;/p-4. The highest BCUT2D eigenvalue weighted by Crippen LogP contribution is 2.45. The van der Waals surface area contributed by atoms with E-state index < -0.39 is 215 Å². The Hall–Kier alpha value is -10.6. The predicted molar refractivity (Wildman–Crippen MR) is 319 cm³/mol. The lowest BCUT2D eigenvalue weighted by Crippen LogP contribution is -2.92. The van der Waals surface area contributed by atoms with Gasteiger partial charge in [0.05, 0.1) is 11.4 Å². The average Bonchev–Trinajstić information content (AvgIpc) is 1.47. The Morgan fingerprint density at radius 2 is 0.431 bits per heavy atom. The number of fused-ring (bicyclic) bond motifs is 10. The molecule has 0 amide bonds. The van der Waals surface area contributed by atoms with Crippen LogP contribution in [-0.2, 0) is 40.5 Å². The SMILES string of the molecule is CC1=CC(C)=[N+](c2c(F)c(F)c(F)c(F)c2F)[B-]2(N1c1c(F)c(F)c(F)c(F)c1F)[n+]1ccccc1-c1cccc[n+]12.CC1=CC(C)=[N+](c2c(F)c(F)c(F)c(F)c2F)[B-]2(N1c1c(F)c(F)c(F)c(F)c1F)[n+]1ccccc1-c1cccc[n+]12.O=S(=O)([O-])C(F)(F)F.O=S(=O)([O-])C(F)(F)F.O=S(=O)([O-])C(F)(F)F.O=S(=O)([O-])C(F)(F)F. The largest absolute Gasteiger partial charge is 0.933 e. The van der Waals surface area contributed by atoms with Crippen molar-refractivity contribution < 1.29 is 219 Å². The van der Waals surface area contributed by atoms with Crippen LogP contribution in [0, 0.1) is 116 Å². The first-order valence-corrected chi connectivity index (χ1v) is 35.1. The number of alkyl halides is 12. The zero-order valence-electron chi connectivity index (χ0n) is 55.8. The summed E-state index contributed by atoms with van der Waals surface area (Å²) in [6, 6.07) is 17.7. The molecule has 0 N–H and O–H groups in total. The van der Waals surface area contributed by atoms with Gasteiger partial charge in [0.1, 0.15) is 36.2 Å². The molecule has 0 bridgehead atoms. The Bertz CT molecular complexity index is 5390. The monoisotopic (exact) mass is 1790 g/mol. The quantitative estimate of drug-likeness (QED) is 0.0396. The number of pyridine rings is 4. The van der Waals surface area contributed by atoms with Crippen molar-refractivity contribution in [2.24, 2.45) is 0 Å². The first-order valence-electron chi connectivity index (χ1n) is 29.5. The highest BCUT2D eigenvalue weighted by molar-refractivity contribution is 7.87. The highest BCUT2D eigenvalue weighted by Gasteiger charge is 2.81.